The molecule has 4 N–H and O–H groups in total. The van der Waals surface area contributed by atoms with E-state index in [0.29, 0.717) is 45.0 Å². The molecule has 2 bridgehead atoms. The van der Waals surface area contributed by atoms with Crippen LogP contribution in [-0.2, 0) is 21.0 Å². The topological polar surface area (TPSA) is 141 Å². The Bertz CT molecular complexity index is 1550. The fraction of sp³-hybridized carbons (Fsp3) is 0.567. The van der Waals surface area contributed by atoms with Crippen molar-refractivity contribution >= 4 is 33.6 Å². The van der Waals surface area contributed by atoms with E-state index in [9.17, 15) is 40.7 Å². The molecule has 1 aromatic carbocycles. The van der Waals surface area contributed by atoms with Gasteiger partial charge in [0.05, 0.1) is 16.3 Å². The number of nitrogens with zero attached hydrogens (tertiary/aromatic N) is 2. The van der Waals surface area contributed by atoms with Crippen molar-refractivity contribution in [1.29, 1.82) is 0 Å². The van der Waals surface area contributed by atoms with Crippen LogP contribution in [0, 0.1) is 11.7 Å². The molecule has 1 aliphatic carbocycles. The maximum Gasteiger partial charge on any atom is 0.417 e. The van der Waals surface area contributed by atoms with Crippen LogP contribution in [0.1, 0.15) is 67.6 Å². The van der Waals surface area contributed by atoms with Gasteiger partial charge in [0.1, 0.15) is 11.9 Å². The number of carbonyl (C=O) groups excluding carboxylic acids is 1. The number of alkyl halides is 3. The van der Waals surface area contributed by atoms with Crippen molar-refractivity contribution in [2.45, 2.75) is 81.2 Å². The first-order valence-corrected chi connectivity index (χ1v) is 17.2. The first-order valence-electron chi connectivity index (χ1n) is 15.2. The van der Waals surface area contributed by atoms with Gasteiger partial charge in [0.25, 0.3) is 0 Å². The lowest BCUT2D eigenvalue weighted by atomic mass is 9.84. The number of carboxylic acid groups (broad SMARTS) is 1. The fourth-order valence-corrected chi connectivity index (χ4v) is 8.92. The molecule has 3 aliphatic rings. The summed E-state index contributed by atoms with van der Waals surface area (Å²) < 4.78 is 82.9. The lowest BCUT2D eigenvalue weighted by molar-refractivity contribution is -0.137. The van der Waals surface area contributed by atoms with Gasteiger partial charge >= 0.3 is 12.3 Å². The number of hydrogen-bond donors (Lipinski definition) is 4. The van der Waals surface area contributed by atoms with Crippen LogP contribution in [0.2, 0.25) is 5.02 Å². The van der Waals surface area contributed by atoms with Gasteiger partial charge < -0.3 is 21.1 Å². The van der Waals surface area contributed by atoms with E-state index in [1.165, 1.54) is 12.1 Å². The van der Waals surface area contributed by atoms with Crippen LogP contribution in [0.5, 0.6) is 0 Å². The van der Waals surface area contributed by atoms with Gasteiger partial charge in [-0.2, -0.15) is 17.5 Å². The standard InChI is InChI=1S/C30H36ClF4N5O5S/c31-23-9-7-18(12-24(23)32)26(19-11-20(14-36-13-19)30(33,34)35)27(39-29(42)43)28(41)38-25-5-1-3-17(25)6-8-22-15-37-21-4-2-10-46(44,45)40(22)16-21/h7,9,11-14,17,21-22,25-27,37,39H,1-6,8,10,15-16H2,(H,38,41)(H,42,43)/t17-,21-,22+,25+,26+,27+/m1/s1. The van der Waals surface area contributed by atoms with E-state index in [1.54, 1.807) is 4.31 Å². The van der Waals surface area contributed by atoms with Gasteiger partial charge in [-0.3, -0.25) is 9.78 Å². The highest BCUT2D eigenvalue weighted by Gasteiger charge is 2.41. The molecule has 46 heavy (non-hydrogen) atoms. The van der Waals surface area contributed by atoms with Crippen LogP contribution < -0.4 is 16.0 Å². The highest BCUT2D eigenvalue weighted by atomic mass is 35.5. The van der Waals surface area contributed by atoms with Crippen molar-refractivity contribution in [3.63, 3.8) is 0 Å². The molecule has 1 aromatic heterocycles. The fourth-order valence-electron chi connectivity index (χ4n) is 7.00. The Kier molecular flexibility index (Phi) is 10.4. The van der Waals surface area contributed by atoms with Gasteiger partial charge in [-0.1, -0.05) is 24.1 Å². The molecule has 3 fully saturated rings. The van der Waals surface area contributed by atoms with Crippen LogP contribution in [0.25, 0.3) is 0 Å². The molecule has 16 heteroatoms. The summed E-state index contributed by atoms with van der Waals surface area (Å²) in [6, 6.07) is 2.05. The molecule has 10 nitrogen and oxygen atoms in total. The third-order valence-corrected chi connectivity index (χ3v) is 11.5. The minimum absolute atomic E-state index is 0.0154. The highest BCUT2D eigenvalue weighted by molar-refractivity contribution is 7.89. The normalized spacial score (nSPS) is 27.3. The van der Waals surface area contributed by atoms with Gasteiger partial charge in [0, 0.05) is 49.5 Å². The molecule has 2 saturated heterocycles. The summed E-state index contributed by atoms with van der Waals surface area (Å²) in [4.78, 5) is 29.5. The van der Waals surface area contributed by atoms with Gasteiger partial charge in [-0.15, -0.1) is 0 Å². The van der Waals surface area contributed by atoms with Gasteiger partial charge in [-0.25, -0.2) is 17.6 Å². The zero-order valence-electron chi connectivity index (χ0n) is 24.8. The summed E-state index contributed by atoms with van der Waals surface area (Å²) in [7, 11) is -3.37. The SMILES string of the molecule is O=C(O)N[C@H](C(=O)N[C@H]1CCC[C@@H]1CC[C@H]1CN[C@@H]2CCCS(=O)(=O)N1C2)[C@H](c1cncc(C(F)(F)F)c1)c1ccc(Cl)c(F)c1. The third kappa shape index (κ3) is 7.92. The smallest absolute Gasteiger partial charge is 0.417 e. The summed E-state index contributed by atoms with van der Waals surface area (Å²) in [6.45, 7) is 0.958. The highest BCUT2D eigenvalue weighted by Crippen LogP contribution is 2.36. The predicted molar refractivity (Wildman–Crippen MR) is 161 cm³/mol. The number of nitrogens with one attached hydrogen (secondary N) is 3. The monoisotopic (exact) mass is 689 g/mol. The second-order valence-electron chi connectivity index (χ2n) is 12.3. The van der Waals surface area contributed by atoms with E-state index < -0.39 is 57.6 Å². The average Bonchev–Trinajstić information content (AvgIpc) is 3.39. The van der Waals surface area contributed by atoms with Crippen LogP contribution in [0.3, 0.4) is 0 Å². The number of carbonyl (C=O) groups is 2. The Morgan fingerprint density at radius 2 is 1.89 bits per heavy atom. The van der Waals surface area contributed by atoms with Crippen LogP contribution in [0.15, 0.2) is 36.7 Å². The summed E-state index contributed by atoms with van der Waals surface area (Å²) in [5.41, 5.74) is -1.26. The summed E-state index contributed by atoms with van der Waals surface area (Å²) in [5, 5.41) is 17.9. The van der Waals surface area contributed by atoms with Crippen LogP contribution in [0.4, 0.5) is 22.4 Å². The predicted octanol–water partition coefficient (Wildman–Crippen LogP) is 4.49. The third-order valence-electron chi connectivity index (χ3n) is 9.26. The maximum absolute atomic E-state index is 14.6. The van der Waals surface area contributed by atoms with E-state index >= 15 is 0 Å². The van der Waals surface area contributed by atoms with E-state index in [4.69, 9.17) is 11.6 Å². The quantitative estimate of drug-likeness (QED) is 0.285. The minimum atomic E-state index is -4.78. The largest absolute Gasteiger partial charge is 0.465 e. The van der Waals surface area contributed by atoms with Crippen molar-refractivity contribution in [3.8, 4) is 0 Å². The second kappa shape index (κ2) is 14.0. The van der Waals surface area contributed by atoms with Crippen LogP contribution >= 0.6 is 11.6 Å². The number of aromatic nitrogens is 1. The number of hydrogen-bond acceptors (Lipinski definition) is 6. The zero-order valence-corrected chi connectivity index (χ0v) is 26.3. The number of pyridine rings is 1. The first-order chi connectivity index (χ1) is 21.7. The van der Waals surface area contributed by atoms with Crippen LogP contribution in [-0.4, -0.2) is 77.8 Å². The molecule has 7 atom stereocenters. The van der Waals surface area contributed by atoms with E-state index in [1.807, 2.05) is 0 Å². The van der Waals surface area contributed by atoms with Gasteiger partial charge in [0.15, 0.2) is 0 Å². The molecule has 2 aliphatic heterocycles. The Labute approximate surface area is 269 Å². The molecule has 1 saturated carbocycles. The van der Waals surface area contributed by atoms with Crippen molar-refractivity contribution in [3.05, 3.63) is 64.2 Å². The Balaban J connectivity index is 1.38. The van der Waals surface area contributed by atoms with Crippen molar-refractivity contribution < 1.29 is 40.7 Å². The zero-order chi connectivity index (χ0) is 33.2. The molecular formula is C30H36ClF4N5O5S. The summed E-state index contributed by atoms with van der Waals surface area (Å²) in [5.74, 6) is -3.02. The van der Waals surface area contributed by atoms with Gasteiger partial charge in [0.2, 0.25) is 15.9 Å². The number of fused-ring (bicyclic) bond motifs is 2. The number of benzene rings is 1. The van der Waals surface area contributed by atoms with E-state index in [-0.39, 0.29) is 39.9 Å². The number of halogens is 5. The van der Waals surface area contributed by atoms with Gasteiger partial charge in [-0.05, 0) is 73.8 Å². The molecule has 3 heterocycles. The minimum Gasteiger partial charge on any atom is -0.465 e. The lowest BCUT2D eigenvalue weighted by Crippen LogP contribution is -2.57. The molecule has 0 radical (unpaired) electrons. The lowest BCUT2D eigenvalue weighted by Gasteiger charge is -2.38. The molecule has 0 spiro atoms. The average molecular weight is 690 g/mol. The Morgan fingerprint density at radius 3 is 2.61 bits per heavy atom. The van der Waals surface area contributed by atoms with Crippen molar-refractivity contribution in [2.24, 2.45) is 5.92 Å². The number of piperazine rings is 1. The second-order valence-corrected chi connectivity index (χ2v) is 14.7. The first kappa shape index (κ1) is 34.3. The molecule has 5 rings (SSSR count). The number of amides is 2. The molecule has 2 aromatic rings. The Hall–Kier alpha value is -3.01. The summed E-state index contributed by atoms with van der Waals surface area (Å²) in [6.07, 6.45) is -0.0446. The number of rotatable bonds is 9. The molecule has 252 valence electrons. The molecule has 2 amide bonds. The Morgan fingerprint density at radius 1 is 1.11 bits per heavy atom. The van der Waals surface area contributed by atoms with E-state index in [2.05, 4.69) is 20.9 Å². The molecular weight excluding hydrogens is 654 g/mol. The summed E-state index contributed by atoms with van der Waals surface area (Å²) >= 11 is 5.84. The van der Waals surface area contributed by atoms with Crippen molar-refractivity contribution in [2.75, 3.05) is 18.8 Å². The molecule has 1 unspecified atom stereocenters. The van der Waals surface area contributed by atoms with Crippen molar-refractivity contribution in [1.82, 2.24) is 25.2 Å². The maximum atomic E-state index is 14.6. The van der Waals surface area contributed by atoms with E-state index in [0.717, 1.165) is 37.6 Å². The number of sulfonamides is 1.